The Morgan fingerprint density at radius 1 is 1.03 bits per heavy atom. The molecule has 0 atom stereocenters. The summed E-state index contributed by atoms with van der Waals surface area (Å²) in [5.41, 5.74) is 6.97. The molecule has 0 saturated carbocycles. The predicted molar refractivity (Wildman–Crippen MR) is 141 cm³/mol. The van der Waals surface area contributed by atoms with Gasteiger partial charge in [0, 0.05) is 48.8 Å². The van der Waals surface area contributed by atoms with Crippen molar-refractivity contribution in [1.82, 2.24) is 29.3 Å². The fraction of sp³-hybridized carbons (Fsp3) is 0.214. The van der Waals surface area contributed by atoms with Crippen LogP contribution in [0.4, 0.5) is 5.69 Å². The van der Waals surface area contributed by atoms with Crippen molar-refractivity contribution in [2.75, 3.05) is 31.6 Å². The molecule has 1 amide bonds. The lowest BCUT2D eigenvalue weighted by molar-refractivity contribution is 0.0342. The van der Waals surface area contributed by atoms with Crippen LogP contribution in [0.15, 0.2) is 79.4 Å². The number of rotatable bonds is 6. The highest BCUT2D eigenvalue weighted by Gasteiger charge is 2.14. The molecule has 1 N–H and O–H groups in total. The zero-order valence-electron chi connectivity index (χ0n) is 20.5. The molecule has 4 heterocycles. The van der Waals surface area contributed by atoms with Crippen LogP contribution < -0.4 is 5.32 Å². The number of ether oxygens (including phenoxy) is 1. The topological polar surface area (TPSA) is 89.6 Å². The van der Waals surface area contributed by atoms with Crippen LogP contribution in [-0.4, -0.2) is 61.5 Å². The van der Waals surface area contributed by atoms with Crippen LogP contribution in [0.5, 0.6) is 0 Å². The van der Waals surface area contributed by atoms with Crippen molar-refractivity contribution >= 4 is 17.2 Å². The van der Waals surface area contributed by atoms with Gasteiger partial charge >= 0.3 is 0 Å². The van der Waals surface area contributed by atoms with Crippen LogP contribution >= 0.6 is 0 Å². The molecule has 1 fully saturated rings. The van der Waals surface area contributed by atoms with Crippen molar-refractivity contribution in [3.05, 3.63) is 96.1 Å². The van der Waals surface area contributed by atoms with Crippen LogP contribution in [-0.2, 0) is 11.3 Å². The Morgan fingerprint density at radius 2 is 1.86 bits per heavy atom. The minimum Gasteiger partial charge on any atom is -0.379 e. The average Bonchev–Trinajstić information content (AvgIpc) is 3.58. The van der Waals surface area contributed by atoms with Crippen LogP contribution in [0.3, 0.4) is 0 Å². The molecule has 6 rings (SSSR count). The Labute approximate surface area is 214 Å². The van der Waals surface area contributed by atoms with Gasteiger partial charge in [-0.2, -0.15) is 10.2 Å². The number of amides is 1. The minimum absolute atomic E-state index is 0.148. The molecule has 3 aromatic heterocycles. The molecule has 1 aliphatic rings. The highest BCUT2D eigenvalue weighted by molar-refractivity contribution is 6.04. The molecular formula is C28H27N7O2. The molecule has 9 nitrogen and oxygen atoms in total. The van der Waals surface area contributed by atoms with E-state index in [1.165, 1.54) is 5.56 Å². The van der Waals surface area contributed by atoms with E-state index in [-0.39, 0.29) is 5.91 Å². The van der Waals surface area contributed by atoms with Gasteiger partial charge in [0.15, 0.2) is 5.65 Å². The third-order valence-electron chi connectivity index (χ3n) is 6.60. The Hall–Kier alpha value is -4.34. The van der Waals surface area contributed by atoms with Crippen LogP contribution in [0, 0.1) is 6.92 Å². The Bertz CT molecular complexity index is 1550. The van der Waals surface area contributed by atoms with Gasteiger partial charge in [-0.05, 0) is 54.4 Å². The quantitative estimate of drug-likeness (QED) is 0.385. The second-order valence-corrected chi connectivity index (χ2v) is 9.15. The molecule has 186 valence electrons. The first-order valence-electron chi connectivity index (χ1n) is 12.3. The fourth-order valence-electron chi connectivity index (χ4n) is 4.53. The first kappa shape index (κ1) is 23.1. The Kier molecular flexibility index (Phi) is 6.21. The second kappa shape index (κ2) is 9.96. The normalized spacial score (nSPS) is 14.2. The number of aromatic nitrogens is 5. The van der Waals surface area contributed by atoms with E-state index in [0.717, 1.165) is 61.0 Å². The summed E-state index contributed by atoms with van der Waals surface area (Å²) < 4.78 is 9.01. The van der Waals surface area contributed by atoms with Gasteiger partial charge in [-0.15, -0.1) is 0 Å². The number of nitrogens with zero attached hydrogens (tertiary/aromatic N) is 6. The van der Waals surface area contributed by atoms with Crippen LogP contribution in [0.1, 0.15) is 21.5 Å². The van der Waals surface area contributed by atoms with Gasteiger partial charge in [-0.1, -0.05) is 18.2 Å². The number of hydrogen-bond acceptors (Lipinski definition) is 6. The maximum atomic E-state index is 13.0. The lowest BCUT2D eigenvalue weighted by Gasteiger charge is -2.26. The number of nitrogens with one attached hydrogen (secondary N) is 1. The van der Waals surface area contributed by atoms with E-state index >= 15 is 0 Å². The molecule has 0 unspecified atom stereocenters. The summed E-state index contributed by atoms with van der Waals surface area (Å²) in [6.07, 6.45) is 7.26. The lowest BCUT2D eigenvalue weighted by atomic mass is 10.1. The van der Waals surface area contributed by atoms with E-state index in [1.54, 1.807) is 23.1 Å². The maximum absolute atomic E-state index is 13.0. The summed E-state index contributed by atoms with van der Waals surface area (Å²) >= 11 is 0. The van der Waals surface area contributed by atoms with Crippen molar-refractivity contribution in [2.24, 2.45) is 0 Å². The molecule has 0 radical (unpaired) electrons. The van der Waals surface area contributed by atoms with Gasteiger partial charge in [0.1, 0.15) is 0 Å². The summed E-state index contributed by atoms with van der Waals surface area (Å²) in [7, 11) is 0. The Balaban J connectivity index is 1.18. The molecule has 1 aliphatic heterocycles. The molecule has 1 saturated heterocycles. The molecular weight excluding hydrogens is 466 g/mol. The molecule has 5 aromatic rings. The van der Waals surface area contributed by atoms with Crippen molar-refractivity contribution < 1.29 is 9.53 Å². The van der Waals surface area contributed by atoms with Crippen LogP contribution in [0.25, 0.3) is 22.6 Å². The summed E-state index contributed by atoms with van der Waals surface area (Å²) in [5.74, 6) is -0.148. The fourth-order valence-corrected chi connectivity index (χ4v) is 4.53. The van der Waals surface area contributed by atoms with Crippen molar-refractivity contribution in [1.29, 1.82) is 0 Å². The minimum atomic E-state index is -0.148. The number of carbonyl (C=O) groups excluding carboxylic acids is 1. The van der Waals surface area contributed by atoms with Crippen molar-refractivity contribution in [3.8, 4) is 16.9 Å². The molecule has 9 heteroatoms. The maximum Gasteiger partial charge on any atom is 0.255 e. The molecule has 0 bridgehead atoms. The van der Waals surface area contributed by atoms with Gasteiger partial charge in [0.05, 0.1) is 37.0 Å². The van der Waals surface area contributed by atoms with E-state index in [9.17, 15) is 4.79 Å². The SMILES string of the molecule is Cc1ccc(NC(=O)c2ccc(CN3CCOCC3)cc2)cc1-n1cc(-c2cnc3cccnn23)cn1. The molecule has 37 heavy (non-hydrogen) atoms. The van der Waals surface area contributed by atoms with Gasteiger partial charge in [0.25, 0.3) is 5.91 Å². The van der Waals surface area contributed by atoms with Gasteiger partial charge in [-0.25, -0.2) is 14.2 Å². The van der Waals surface area contributed by atoms with E-state index in [2.05, 4.69) is 25.4 Å². The third kappa shape index (κ3) is 4.87. The number of benzene rings is 2. The summed E-state index contributed by atoms with van der Waals surface area (Å²) in [6.45, 7) is 6.31. The first-order chi connectivity index (χ1) is 18.1. The number of fused-ring (bicyclic) bond motifs is 1. The summed E-state index contributed by atoms with van der Waals surface area (Å²) in [5, 5.41) is 12.0. The van der Waals surface area contributed by atoms with Crippen LogP contribution in [0.2, 0.25) is 0 Å². The van der Waals surface area contributed by atoms with E-state index < -0.39 is 0 Å². The molecule has 0 aliphatic carbocycles. The second-order valence-electron chi connectivity index (χ2n) is 9.15. The monoisotopic (exact) mass is 493 g/mol. The smallest absolute Gasteiger partial charge is 0.255 e. The third-order valence-corrected chi connectivity index (χ3v) is 6.60. The summed E-state index contributed by atoms with van der Waals surface area (Å²) in [6, 6.07) is 17.4. The van der Waals surface area contributed by atoms with E-state index in [1.807, 2.05) is 72.4 Å². The van der Waals surface area contributed by atoms with Gasteiger partial charge in [-0.3, -0.25) is 9.69 Å². The zero-order chi connectivity index (χ0) is 25.2. The zero-order valence-corrected chi connectivity index (χ0v) is 20.5. The molecule has 0 spiro atoms. The number of carbonyl (C=O) groups is 1. The predicted octanol–water partition coefficient (Wildman–Crippen LogP) is 3.97. The van der Waals surface area contributed by atoms with E-state index in [4.69, 9.17) is 4.74 Å². The largest absolute Gasteiger partial charge is 0.379 e. The van der Waals surface area contributed by atoms with Crippen molar-refractivity contribution in [2.45, 2.75) is 13.5 Å². The number of imidazole rings is 1. The lowest BCUT2D eigenvalue weighted by Crippen LogP contribution is -2.35. The summed E-state index contributed by atoms with van der Waals surface area (Å²) in [4.78, 5) is 19.7. The molecule has 2 aromatic carbocycles. The van der Waals surface area contributed by atoms with E-state index in [0.29, 0.717) is 11.3 Å². The number of anilines is 1. The Morgan fingerprint density at radius 3 is 2.70 bits per heavy atom. The van der Waals surface area contributed by atoms with Gasteiger partial charge < -0.3 is 10.1 Å². The first-order valence-corrected chi connectivity index (χ1v) is 12.3. The number of aryl methyl sites for hydroxylation is 1. The standard InChI is InChI=1S/C28H27N7O2/c1-20-4-9-24(32-28(36)22-7-5-21(6-8-22)18-33-11-13-37-14-12-33)15-25(20)34-19-23(16-31-34)26-17-29-27-3-2-10-30-35(26)27/h2-10,15-17,19H,11-14,18H2,1H3,(H,32,36). The highest BCUT2D eigenvalue weighted by atomic mass is 16.5. The number of hydrogen-bond donors (Lipinski definition) is 1. The van der Waals surface area contributed by atoms with Crippen molar-refractivity contribution in [3.63, 3.8) is 0 Å². The number of morpholine rings is 1. The van der Waals surface area contributed by atoms with Gasteiger partial charge in [0.2, 0.25) is 0 Å². The average molecular weight is 494 g/mol. The highest BCUT2D eigenvalue weighted by Crippen LogP contribution is 2.24.